The van der Waals surface area contributed by atoms with Crippen LogP contribution < -0.4 is 40.1 Å². The Morgan fingerprint density at radius 3 is 1.30 bits per heavy atom. The number of anilines is 2. The molecule has 0 fully saturated rings. The normalized spacial score (nSPS) is 12.4. The van der Waals surface area contributed by atoms with E-state index >= 15 is 0 Å². The molecule has 12 nitrogen and oxygen atoms in total. The average Bonchev–Trinajstić information content (AvgIpc) is 3.30. The van der Waals surface area contributed by atoms with Crippen LogP contribution in [0.5, 0.6) is 11.5 Å². The topological polar surface area (TPSA) is 174 Å². The van der Waals surface area contributed by atoms with Crippen molar-refractivity contribution in [3.63, 3.8) is 0 Å². The minimum Gasteiger partial charge on any atom is -0.504 e. The zero-order chi connectivity index (χ0) is 54.6. The predicted octanol–water partition coefficient (Wildman–Crippen LogP) is 7.27. The summed E-state index contributed by atoms with van der Waals surface area (Å²) in [5.74, 6) is -4.83. The second-order valence-electron chi connectivity index (χ2n) is 19.1. The largest absolute Gasteiger partial charge is 0.504 e. The quantitative estimate of drug-likeness (QED) is 0.0599. The molecule has 6 aromatic rings. The molecule has 4 N–H and O–H groups in total. The van der Waals surface area contributed by atoms with Gasteiger partial charge in [-0.3, -0.25) is 19.2 Å². The van der Waals surface area contributed by atoms with Crippen molar-refractivity contribution in [3.8, 4) is 11.5 Å². The summed E-state index contributed by atoms with van der Waals surface area (Å²) in [4.78, 5) is 51.6. The Morgan fingerprint density at radius 1 is 0.506 bits per heavy atom. The third kappa shape index (κ3) is 16.0. The molecule has 2 atom stereocenters. The van der Waals surface area contributed by atoms with Gasteiger partial charge in [0.25, 0.3) is 0 Å². The number of aryl methyl sites for hydroxylation is 8. The van der Waals surface area contributed by atoms with Crippen LogP contribution in [0.1, 0.15) is 91.7 Å². The van der Waals surface area contributed by atoms with E-state index in [9.17, 15) is 39.6 Å². The van der Waals surface area contributed by atoms with Crippen molar-refractivity contribution < 1.29 is 136 Å². The van der Waals surface area contributed by atoms with Crippen LogP contribution in [0.4, 0.5) is 11.4 Å². The molecular weight excluding hydrogens is 1290 g/mol. The summed E-state index contributed by atoms with van der Waals surface area (Å²) in [6.45, 7) is 29.1. The van der Waals surface area contributed by atoms with Gasteiger partial charge in [0.05, 0.1) is 11.4 Å². The number of carboxylic acids is 4. The summed E-state index contributed by atoms with van der Waals surface area (Å²) < 4.78 is 13.6. The third-order valence-electron chi connectivity index (χ3n) is 13.7. The molecular formula is C62H63N2O10WY2-5. The van der Waals surface area contributed by atoms with Gasteiger partial charge in [-0.25, -0.2) is 0 Å². The maximum atomic E-state index is 12.3. The minimum absolute atomic E-state index is 0. The molecule has 2 radical (unpaired) electrons. The summed E-state index contributed by atoms with van der Waals surface area (Å²) >= 11 is 0. The van der Waals surface area contributed by atoms with Gasteiger partial charge in [-0.15, -0.1) is 184 Å². The van der Waals surface area contributed by atoms with E-state index in [2.05, 4.69) is 43.5 Å². The molecule has 0 bridgehead atoms. The Bertz CT molecular complexity index is 3120. The molecule has 398 valence electrons. The third-order valence-corrected chi connectivity index (χ3v) is 13.7. The van der Waals surface area contributed by atoms with E-state index in [0.29, 0.717) is 21.9 Å². The van der Waals surface area contributed by atoms with Crippen molar-refractivity contribution >= 4 is 59.6 Å². The van der Waals surface area contributed by atoms with E-state index in [1.165, 1.54) is 15.9 Å². The first kappa shape index (κ1) is 66.1. The molecule has 6 aromatic carbocycles. The Hall–Kier alpha value is -5.22. The number of rotatable bonds is 19. The SMILES string of the molecule is C=c1c(C)[c-]c(=C(c2[c-]c(C)c(C)c(C)c2)c2[c-]cc(N(CC(=O)O)CC(=O)O)c(OC(C)C(C)Oc3cc(C(c4[c-]c(C)c(C)c(C)c4)=c4[c-]c(C)c(=C)c(C)c4)ccc3N(CC(=O)O)CC(=O)O)c2)cc1C.[W].[Y].[Y]. The zero-order valence-corrected chi connectivity index (χ0v) is 54.4. The van der Waals surface area contributed by atoms with Gasteiger partial charge in [0, 0.05) is 86.5 Å². The monoisotopic (exact) mass is 1360 g/mol. The van der Waals surface area contributed by atoms with Crippen molar-refractivity contribution in [1.29, 1.82) is 0 Å². The number of aliphatic carboxylic acids is 4. The Kier molecular flexibility index (Phi) is 24.1. The average molecular weight is 1360 g/mol. The number of carbonyl (C=O) groups is 4. The number of carboxylic acid groups (broad SMARTS) is 4. The zero-order valence-electron chi connectivity index (χ0n) is 45.8. The molecule has 0 saturated heterocycles. The molecule has 15 heteroatoms. The first-order valence-electron chi connectivity index (χ1n) is 24.1. The predicted molar refractivity (Wildman–Crippen MR) is 288 cm³/mol. The van der Waals surface area contributed by atoms with Crippen molar-refractivity contribution in [2.75, 3.05) is 36.0 Å². The summed E-state index contributed by atoms with van der Waals surface area (Å²) in [6.07, 6.45) is -1.79. The van der Waals surface area contributed by atoms with Crippen LogP contribution in [0.15, 0.2) is 54.6 Å². The van der Waals surface area contributed by atoms with E-state index in [-0.39, 0.29) is 109 Å². The second kappa shape index (κ2) is 28.1. The Balaban J connectivity index is 0.00000520. The molecule has 0 aliphatic rings. The van der Waals surface area contributed by atoms with E-state index in [0.717, 1.165) is 88.0 Å². The van der Waals surface area contributed by atoms with Crippen LogP contribution in [-0.2, 0) is 106 Å². The van der Waals surface area contributed by atoms with Crippen LogP contribution in [0.2, 0.25) is 0 Å². The summed E-state index contributed by atoms with van der Waals surface area (Å²) in [5, 5.41) is 43.3. The van der Waals surface area contributed by atoms with Gasteiger partial charge in [-0.05, 0) is 31.7 Å². The first-order valence-corrected chi connectivity index (χ1v) is 24.1. The van der Waals surface area contributed by atoms with E-state index in [4.69, 9.17) is 9.47 Å². The number of benzene rings is 6. The van der Waals surface area contributed by atoms with Gasteiger partial charge in [-0.1, -0.05) is 80.9 Å². The molecule has 0 heterocycles. The van der Waals surface area contributed by atoms with E-state index in [1.807, 2.05) is 93.5 Å². The van der Waals surface area contributed by atoms with E-state index in [1.54, 1.807) is 38.1 Å². The van der Waals surface area contributed by atoms with Gasteiger partial charge in [0.15, 0.2) is 0 Å². The summed E-state index contributed by atoms with van der Waals surface area (Å²) in [7, 11) is 0. The van der Waals surface area contributed by atoms with Crippen LogP contribution in [0, 0.1) is 99.6 Å². The molecule has 6 rings (SSSR count). The number of hydrogen-bond donors (Lipinski definition) is 4. The van der Waals surface area contributed by atoms with Gasteiger partial charge < -0.3 is 39.7 Å². The van der Waals surface area contributed by atoms with Gasteiger partial charge >= 0.3 is 23.9 Å². The fourth-order valence-corrected chi connectivity index (χ4v) is 8.83. The van der Waals surface area contributed by atoms with Crippen molar-refractivity contribution in [3.05, 3.63) is 184 Å². The Labute approximate surface area is 516 Å². The number of nitrogens with zero attached hydrogens (tertiary/aromatic N) is 2. The molecule has 0 saturated carbocycles. The molecule has 0 aromatic heterocycles. The fraction of sp³-hybridized carbons (Fsp3) is 0.290. The molecule has 2 unspecified atom stereocenters. The summed E-state index contributed by atoms with van der Waals surface area (Å²) in [6, 6.07) is 33.8. The Morgan fingerprint density at radius 2 is 0.896 bits per heavy atom. The van der Waals surface area contributed by atoms with Crippen LogP contribution in [-0.4, -0.2) is 82.7 Å². The van der Waals surface area contributed by atoms with Crippen LogP contribution in [0.3, 0.4) is 0 Å². The van der Waals surface area contributed by atoms with E-state index < -0.39 is 62.3 Å². The first-order chi connectivity index (χ1) is 34.7. The maximum absolute atomic E-state index is 12.3. The molecule has 77 heavy (non-hydrogen) atoms. The van der Waals surface area contributed by atoms with Gasteiger partial charge in [-0.2, -0.15) is 0 Å². The van der Waals surface area contributed by atoms with Crippen LogP contribution >= 0.6 is 0 Å². The minimum atomic E-state index is -1.28. The fourth-order valence-electron chi connectivity index (χ4n) is 8.83. The maximum Gasteiger partial charge on any atom is 0.323 e. The van der Waals surface area contributed by atoms with Gasteiger partial charge in [0.2, 0.25) is 0 Å². The standard InChI is InChI=1S/C62H63N2O10.W.2Y/c1-33-19-49(20-34(2)41(33)9)61(50-21-35(3)42(10)36(4)22-50)47-15-17-53(63(29-57(65)66)30-58(67)68)55(27-47)73-45(13)46(14)74-56-28-48(16-18-54(56)64(31-59(69)70)32-60(71)72)62(51-23-37(5)43(11)38(6)24-51)52-25-39(7)44(12)40(8)26-52;;;/h15,17-19,21,23,25,27-28,45-46H,9,11,29-32H2,1-8,10,12-14H3,(H,65,66)(H,67,68)(H,69,70)(H,71,72);;;/q-5;;;. The number of hydrogen-bond acceptors (Lipinski definition) is 8. The molecule has 0 aliphatic heterocycles. The van der Waals surface area contributed by atoms with Gasteiger partial charge in [0.1, 0.15) is 44.1 Å². The summed E-state index contributed by atoms with van der Waals surface area (Å²) in [5.41, 5.74) is 14.0. The molecule has 0 spiro atoms. The smallest absolute Gasteiger partial charge is 0.323 e. The van der Waals surface area contributed by atoms with Crippen molar-refractivity contribution in [2.24, 2.45) is 0 Å². The van der Waals surface area contributed by atoms with Crippen molar-refractivity contribution in [1.82, 2.24) is 0 Å². The van der Waals surface area contributed by atoms with Crippen molar-refractivity contribution in [2.45, 2.75) is 95.3 Å². The molecule has 0 aliphatic carbocycles. The molecule has 0 amide bonds. The number of ether oxygens (including phenoxy) is 2. The second-order valence-corrected chi connectivity index (χ2v) is 19.1. The van der Waals surface area contributed by atoms with Crippen LogP contribution in [0.25, 0.3) is 24.3 Å².